The third-order valence-electron chi connectivity index (χ3n) is 4.03. The fourth-order valence-electron chi connectivity index (χ4n) is 2.69. The van der Waals surface area contributed by atoms with Crippen molar-refractivity contribution in [2.45, 2.75) is 24.3 Å². The van der Waals surface area contributed by atoms with Crippen LogP contribution in [0.15, 0.2) is 40.0 Å². The van der Waals surface area contributed by atoms with Gasteiger partial charge in [-0.1, -0.05) is 25.1 Å². The van der Waals surface area contributed by atoms with Gasteiger partial charge in [0.1, 0.15) is 10.7 Å². The Balaban J connectivity index is 2.18. The van der Waals surface area contributed by atoms with Gasteiger partial charge in [0, 0.05) is 5.92 Å². The summed E-state index contributed by atoms with van der Waals surface area (Å²) in [6, 6.07) is 7.30. The molecule has 1 aliphatic rings. The van der Waals surface area contributed by atoms with Crippen molar-refractivity contribution in [3.05, 3.63) is 52.2 Å². The lowest BCUT2D eigenvalue weighted by Crippen LogP contribution is -2.32. The summed E-state index contributed by atoms with van der Waals surface area (Å²) >= 11 is 0. The Morgan fingerprint density at radius 3 is 2.67 bits per heavy atom. The SMILES string of the molecule is COC(=O)c1nc2n(c(=O)c1OS(=O)(=O)c1ccccc1)CCOCC2C. The topological polar surface area (TPSA) is 114 Å². The summed E-state index contributed by atoms with van der Waals surface area (Å²) < 4.78 is 41.5. The molecule has 0 fully saturated rings. The maximum absolute atomic E-state index is 12.9. The first-order valence-electron chi connectivity index (χ1n) is 8.15. The maximum atomic E-state index is 12.9. The van der Waals surface area contributed by atoms with E-state index >= 15 is 0 Å². The highest BCUT2D eigenvalue weighted by Crippen LogP contribution is 2.23. The number of ether oxygens (including phenoxy) is 2. The Bertz CT molecular complexity index is 1020. The first-order valence-corrected chi connectivity index (χ1v) is 9.56. The van der Waals surface area contributed by atoms with Gasteiger partial charge in [-0.15, -0.1) is 0 Å². The molecule has 1 atom stereocenters. The standard InChI is InChI=1S/C17H18N2O7S/c1-11-10-25-9-8-19-15(11)18-13(17(21)24-2)14(16(19)20)26-27(22,23)12-6-4-3-5-7-12/h3-7,11H,8-10H2,1-2H3. The molecule has 2 aromatic rings. The fourth-order valence-corrected chi connectivity index (χ4v) is 3.65. The van der Waals surface area contributed by atoms with E-state index in [1.165, 1.54) is 28.8 Å². The molecule has 0 saturated heterocycles. The first-order chi connectivity index (χ1) is 12.8. The summed E-state index contributed by atoms with van der Waals surface area (Å²) in [6.45, 7) is 2.51. The van der Waals surface area contributed by atoms with Gasteiger partial charge < -0.3 is 13.7 Å². The molecule has 0 spiro atoms. The Hall–Kier alpha value is -2.72. The summed E-state index contributed by atoms with van der Waals surface area (Å²) in [5.74, 6) is -1.62. The van der Waals surface area contributed by atoms with Gasteiger partial charge >= 0.3 is 16.1 Å². The smallest absolute Gasteiger partial charge is 0.360 e. The van der Waals surface area contributed by atoms with Crippen LogP contribution < -0.4 is 9.74 Å². The van der Waals surface area contributed by atoms with Gasteiger partial charge in [-0.05, 0) is 12.1 Å². The average Bonchev–Trinajstić information content (AvgIpc) is 2.85. The van der Waals surface area contributed by atoms with Crippen molar-refractivity contribution in [3.63, 3.8) is 0 Å². The van der Waals surface area contributed by atoms with Crippen LogP contribution in [0.5, 0.6) is 5.75 Å². The maximum Gasteiger partial charge on any atom is 0.360 e. The molecule has 0 radical (unpaired) electrons. The van der Waals surface area contributed by atoms with Crippen LogP contribution in [0, 0.1) is 0 Å². The van der Waals surface area contributed by atoms with Crippen LogP contribution in [0.3, 0.4) is 0 Å². The largest absolute Gasteiger partial charge is 0.464 e. The molecule has 0 saturated carbocycles. The molecule has 0 bridgehead atoms. The molecule has 144 valence electrons. The number of hydrogen-bond acceptors (Lipinski definition) is 8. The third kappa shape index (κ3) is 3.71. The van der Waals surface area contributed by atoms with E-state index in [4.69, 9.17) is 8.92 Å². The molecule has 0 aliphatic carbocycles. The van der Waals surface area contributed by atoms with E-state index in [1.54, 1.807) is 13.0 Å². The van der Waals surface area contributed by atoms with Gasteiger partial charge in [0.2, 0.25) is 5.75 Å². The molecule has 1 aromatic heterocycles. The van der Waals surface area contributed by atoms with E-state index in [-0.39, 0.29) is 24.0 Å². The average molecular weight is 394 g/mol. The number of carbonyl (C=O) groups is 1. The van der Waals surface area contributed by atoms with Crippen LogP contribution in [0.25, 0.3) is 0 Å². The molecule has 0 amide bonds. The second kappa shape index (κ2) is 7.49. The minimum Gasteiger partial charge on any atom is -0.464 e. The molecule has 9 nitrogen and oxygen atoms in total. The molecule has 1 aromatic carbocycles. The number of esters is 1. The summed E-state index contributed by atoms with van der Waals surface area (Å²) in [4.78, 5) is 29.1. The minimum absolute atomic E-state index is 0.156. The molecule has 27 heavy (non-hydrogen) atoms. The molecule has 0 N–H and O–H groups in total. The first kappa shape index (κ1) is 19.1. The molecule has 10 heteroatoms. The van der Waals surface area contributed by atoms with Crippen molar-refractivity contribution in [2.75, 3.05) is 20.3 Å². The lowest BCUT2D eigenvalue weighted by Gasteiger charge is -2.16. The molecule has 2 heterocycles. The Morgan fingerprint density at radius 2 is 2.00 bits per heavy atom. The fraction of sp³-hybridized carbons (Fsp3) is 0.353. The minimum atomic E-state index is -4.34. The zero-order valence-electron chi connectivity index (χ0n) is 14.7. The highest BCUT2D eigenvalue weighted by atomic mass is 32.2. The number of hydrogen-bond donors (Lipinski definition) is 0. The van der Waals surface area contributed by atoms with E-state index in [0.29, 0.717) is 12.4 Å². The summed E-state index contributed by atoms with van der Waals surface area (Å²) in [6.07, 6.45) is 0. The van der Waals surface area contributed by atoms with Crippen LogP contribution in [0.2, 0.25) is 0 Å². The van der Waals surface area contributed by atoms with Gasteiger partial charge in [0.15, 0.2) is 5.69 Å². The normalized spacial score (nSPS) is 16.9. The summed E-state index contributed by atoms with van der Waals surface area (Å²) in [5, 5.41) is 0. The van der Waals surface area contributed by atoms with Crippen molar-refractivity contribution in [1.29, 1.82) is 0 Å². The predicted molar refractivity (Wildman–Crippen MR) is 93.3 cm³/mol. The Morgan fingerprint density at radius 1 is 1.30 bits per heavy atom. The van der Waals surface area contributed by atoms with Crippen molar-refractivity contribution < 1.29 is 26.9 Å². The Labute approximate surface area is 155 Å². The van der Waals surface area contributed by atoms with Gasteiger partial charge in [-0.25, -0.2) is 9.78 Å². The number of carbonyl (C=O) groups excluding carboxylic acids is 1. The number of nitrogens with zero attached hydrogens (tertiary/aromatic N) is 2. The van der Waals surface area contributed by atoms with Crippen molar-refractivity contribution in [1.82, 2.24) is 9.55 Å². The number of rotatable bonds is 4. The molecular formula is C17H18N2O7S. The highest BCUT2D eigenvalue weighted by molar-refractivity contribution is 7.87. The molecule has 1 aliphatic heterocycles. The number of aromatic nitrogens is 2. The van der Waals surface area contributed by atoms with Gasteiger partial charge in [0.05, 0.1) is 26.9 Å². The van der Waals surface area contributed by atoms with E-state index in [0.717, 1.165) is 7.11 Å². The number of benzene rings is 1. The third-order valence-corrected chi connectivity index (χ3v) is 5.26. The van der Waals surface area contributed by atoms with E-state index in [2.05, 4.69) is 9.72 Å². The monoisotopic (exact) mass is 394 g/mol. The van der Waals surface area contributed by atoms with Gasteiger partial charge in [-0.3, -0.25) is 9.36 Å². The molecule has 3 rings (SSSR count). The van der Waals surface area contributed by atoms with Crippen LogP contribution in [0.1, 0.15) is 29.2 Å². The summed E-state index contributed by atoms with van der Waals surface area (Å²) in [7, 11) is -3.24. The quantitative estimate of drug-likeness (QED) is 0.556. The molecule has 1 unspecified atom stereocenters. The van der Waals surface area contributed by atoms with Gasteiger partial charge in [-0.2, -0.15) is 8.42 Å². The van der Waals surface area contributed by atoms with E-state index in [1.807, 2.05) is 0 Å². The predicted octanol–water partition coefficient (Wildman–Crippen LogP) is 0.931. The highest BCUT2D eigenvalue weighted by Gasteiger charge is 2.30. The second-order valence-electron chi connectivity index (χ2n) is 5.92. The zero-order valence-corrected chi connectivity index (χ0v) is 15.6. The van der Waals surface area contributed by atoms with E-state index in [9.17, 15) is 18.0 Å². The van der Waals surface area contributed by atoms with Crippen LogP contribution >= 0.6 is 0 Å². The second-order valence-corrected chi connectivity index (χ2v) is 7.47. The Kier molecular flexibility index (Phi) is 5.29. The zero-order chi connectivity index (χ0) is 19.6. The van der Waals surface area contributed by atoms with E-state index < -0.39 is 33.1 Å². The van der Waals surface area contributed by atoms with Crippen LogP contribution in [0.4, 0.5) is 0 Å². The van der Waals surface area contributed by atoms with Crippen molar-refractivity contribution in [3.8, 4) is 5.75 Å². The van der Waals surface area contributed by atoms with Crippen molar-refractivity contribution >= 4 is 16.1 Å². The van der Waals surface area contributed by atoms with Crippen LogP contribution in [-0.2, 0) is 26.1 Å². The lowest BCUT2D eigenvalue weighted by atomic mass is 10.1. The van der Waals surface area contributed by atoms with Crippen LogP contribution in [-0.4, -0.2) is 44.3 Å². The number of methoxy groups -OCH3 is 1. The number of fused-ring (bicyclic) bond motifs is 1. The summed E-state index contributed by atoms with van der Waals surface area (Å²) in [5.41, 5.74) is -1.26. The lowest BCUT2D eigenvalue weighted by molar-refractivity contribution is 0.0590. The van der Waals surface area contributed by atoms with Crippen molar-refractivity contribution in [2.24, 2.45) is 0 Å². The molecular weight excluding hydrogens is 376 g/mol. The van der Waals surface area contributed by atoms with Gasteiger partial charge in [0.25, 0.3) is 5.56 Å².